The monoisotopic (exact) mass is 264 g/mol. The van der Waals surface area contributed by atoms with Crippen molar-refractivity contribution in [3.05, 3.63) is 23.8 Å². The first-order valence-electron chi connectivity index (χ1n) is 6.72. The molecule has 0 aliphatic carbocycles. The lowest BCUT2D eigenvalue weighted by atomic mass is 10.00. The van der Waals surface area contributed by atoms with Gasteiger partial charge in [0.15, 0.2) is 0 Å². The summed E-state index contributed by atoms with van der Waals surface area (Å²) in [7, 11) is 1.54. The van der Waals surface area contributed by atoms with E-state index in [9.17, 15) is 4.79 Å². The van der Waals surface area contributed by atoms with Crippen molar-refractivity contribution in [3.63, 3.8) is 0 Å². The zero-order valence-corrected chi connectivity index (χ0v) is 12.2. The van der Waals surface area contributed by atoms with Gasteiger partial charge < -0.3 is 15.8 Å². The lowest BCUT2D eigenvalue weighted by Crippen LogP contribution is -2.33. The second-order valence-corrected chi connectivity index (χ2v) is 5.08. The van der Waals surface area contributed by atoms with Gasteiger partial charge in [-0.1, -0.05) is 20.3 Å². The Balaban J connectivity index is 2.73. The number of nitrogens with one attached hydrogen (secondary N) is 1. The second-order valence-electron chi connectivity index (χ2n) is 5.08. The van der Waals surface area contributed by atoms with Crippen LogP contribution in [-0.2, 0) is 0 Å². The van der Waals surface area contributed by atoms with Crippen molar-refractivity contribution in [2.24, 2.45) is 5.92 Å². The molecule has 0 aliphatic rings. The summed E-state index contributed by atoms with van der Waals surface area (Å²) in [5, 5.41) is 3.00. The predicted octanol–water partition coefficient (Wildman–Crippen LogP) is 2.83. The molecule has 106 valence electrons. The molecular formula is C15H24N2O2. The van der Waals surface area contributed by atoms with Gasteiger partial charge in [-0.3, -0.25) is 4.79 Å². The highest BCUT2D eigenvalue weighted by molar-refractivity contribution is 5.97. The smallest absolute Gasteiger partial charge is 0.255 e. The zero-order chi connectivity index (χ0) is 14.4. The highest BCUT2D eigenvalue weighted by atomic mass is 16.5. The van der Waals surface area contributed by atoms with E-state index in [-0.39, 0.29) is 11.9 Å². The highest BCUT2D eigenvalue weighted by Crippen LogP contribution is 2.21. The third-order valence-corrected chi connectivity index (χ3v) is 3.30. The fourth-order valence-corrected chi connectivity index (χ4v) is 2.03. The number of anilines is 1. The van der Waals surface area contributed by atoms with Gasteiger partial charge in [0.05, 0.1) is 12.7 Å². The zero-order valence-electron chi connectivity index (χ0n) is 12.2. The van der Waals surface area contributed by atoms with E-state index in [1.807, 2.05) is 6.92 Å². The number of hydrogen-bond acceptors (Lipinski definition) is 3. The molecule has 0 spiro atoms. The number of methoxy groups -OCH3 is 1. The fraction of sp³-hybridized carbons (Fsp3) is 0.533. The number of hydrogen-bond donors (Lipinski definition) is 2. The molecule has 0 saturated carbocycles. The van der Waals surface area contributed by atoms with Gasteiger partial charge in [-0.2, -0.15) is 0 Å². The minimum absolute atomic E-state index is 0.118. The summed E-state index contributed by atoms with van der Waals surface area (Å²) in [4.78, 5) is 12.2. The summed E-state index contributed by atoms with van der Waals surface area (Å²) in [5.41, 5.74) is 6.78. The number of benzene rings is 1. The fourth-order valence-electron chi connectivity index (χ4n) is 2.03. The number of amides is 1. The van der Waals surface area contributed by atoms with E-state index in [1.165, 1.54) is 7.11 Å². The number of nitrogens with two attached hydrogens (primary N) is 1. The van der Waals surface area contributed by atoms with Crippen molar-refractivity contribution in [3.8, 4) is 5.75 Å². The van der Waals surface area contributed by atoms with Crippen LogP contribution in [0.5, 0.6) is 5.75 Å². The maximum atomic E-state index is 12.2. The maximum absolute atomic E-state index is 12.2. The van der Waals surface area contributed by atoms with Gasteiger partial charge >= 0.3 is 0 Å². The van der Waals surface area contributed by atoms with Crippen molar-refractivity contribution < 1.29 is 9.53 Å². The van der Waals surface area contributed by atoms with E-state index in [0.717, 1.165) is 12.8 Å². The Morgan fingerprint density at radius 3 is 2.68 bits per heavy atom. The quantitative estimate of drug-likeness (QED) is 0.776. The standard InChI is InChI=1S/C15H24N2O2/c1-5-10(2)8-11(3)17-15(18)13-7-6-12(16)9-14(13)19-4/h6-7,9-11H,5,8,16H2,1-4H3,(H,17,18). The average Bonchev–Trinajstić information content (AvgIpc) is 2.37. The molecule has 4 nitrogen and oxygen atoms in total. The average molecular weight is 264 g/mol. The van der Waals surface area contributed by atoms with E-state index in [4.69, 9.17) is 10.5 Å². The van der Waals surface area contributed by atoms with Crippen molar-refractivity contribution in [1.29, 1.82) is 0 Å². The second kappa shape index (κ2) is 7.02. The van der Waals surface area contributed by atoms with Crippen LogP contribution in [0.4, 0.5) is 5.69 Å². The van der Waals surface area contributed by atoms with Gasteiger partial charge in [0, 0.05) is 17.8 Å². The Morgan fingerprint density at radius 2 is 2.11 bits per heavy atom. The molecule has 0 aromatic heterocycles. The third-order valence-electron chi connectivity index (χ3n) is 3.30. The lowest BCUT2D eigenvalue weighted by Gasteiger charge is -2.18. The summed E-state index contributed by atoms with van der Waals surface area (Å²) < 4.78 is 5.19. The van der Waals surface area contributed by atoms with Crippen molar-refractivity contribution in [2.75, 3.05) is 12.8 Å². The van der Waals surface area contributed by atoms with Gasteiger partial charge in [-0.25, -0.2) is 0 Å². The van der Waals surface area contributed by atoms with E-state index < -0.39 is 0 Å². The molecule has 0 bridgehead atoms. The largest absolute Gasteiger partial charge is 0.496 e. The predicted molar refractivity (Wildman–Crippen MR) is 78.4 cm³/mol. The van der Waals surface area contributed by atoms with Crippen LogP contribution in [0.2, 0.25) is 0 Å². The molecule has 1 aromatic rings. The van der Waals surface area contributed by atoms with Crippen LogP contribution < -0.4 is 15.8 Å². The van der Waals surface area contributed by atoms with Crippen LogP contribution in [0.15, 0.2) is 18.2 Å². The summed E-state index contributed by atoms with van der Waals surface area (Å²) >= 11 is 0. The van der Waals surface area contributed by atoms with E-state index in [1.54, 1.807) is 18.2 Å². The van der Waals surface area contributed by atoms with Crippen LogP contribution in [0.1, 0.15) is 44.0 Å². The van der Waals surface area contributed by atoms with Crippen LogP contribution >= 0.6 is 0 Å². The van der Waals surface area contributed by atoms with Gasteiger partial charge in [-0.15, -0.1) is 0 Å². The van der Waals surface area contributed by atoms with Gasteiger partial charge in [0.1, 0.15) is 5.75 Å². The van der Waals surface area contributed by atoms with Gasteiger partial charge in [0.25, 0.3) is 5.91 Å². The molecule has 0 heterocycles. The topological polar surface area (TPSA) is 64.4 Å². The Hall–Kier alpha value is -1.71. The molecule has 0 fully saturated rings. The number of ether oxygens (including phenoxy) is 1. The Bertz CT molecular complexity index is 432. The minimum atomic E-state index is -0.118. The number of carbonyl (C=O) groups is 1. The summed E-state index contributed by atoms with van der Waals surface area (Å²) in [6.07, 6.45) is 2.09. The number of rotatable bonds is 6. The Kier molecular flexibility index (Phi) is 5.67. The molecule has 0 radical (unpaired) electrons. The molecule has 3 N–H and O–H groups in total. The summed E-state index contributed by atoms with van der Waals surface area (Å²) in [6, 6.07) is 5.20. The molecular weight excluding hydrogens is 240 g/mol. The van der Waals surface area contributed by atoms with Crippen molar-refractivity contribution >= 4 is 11.6 Å². The SMILES string of the molecule is CCC(C)CC(C)NC(=O)c1ccc(N)cc1OC. The van der Waals surface area contributed by atoms with Crippen LogP contribution in [0.3, 0.4) is 0 Å². The van der Waals surface area contributed by atoms with Crippen LogP contribution in [-0.4, -0.2) is 19.1 Å². The van der Waals surface area contributed by atoms with E-state index in [0.29, 0.717) is 22.9 Å². The number of nitrogen functional groups attached to an aromatic ring is 1. The molecule has 0 aliphatic heterocycles. The molecule has 2 unspecified atom stereocenters. The molecule has 1 rings (SSSR count). The van der Waals surface area contributed by atoms with Crippen LogP contribution in [0, 0.1) is 5.92 Å². The third kappa shape index (κ3) is 4.47. The molecule has 2 atom stereocenters. The first-order chi connectivity index (χ1) is 8.97. The summed E-state index contributed by atoms with van der Waals surface area (Å²) in [5.74, 6) is 0.990. The molecule has 1 amide bonds. The van der Waals surface area contributed by atoms with E-state index in [2.05, 4.69) is 19.2 Å². The maximum Gasteiger partial charge on any atom is 0.255 e. The van der Waals surface area contributed by atoms with Gasteiger partial charge in [-0.05, 0) is 31.4 Å². The van der Waals surface area contributed by atoms with Gasteiger partial charge in [0.2, 0.25) is 0 Å². The molecule has 4 heteroatoms. The number of carbonyl (C=O) groups excluding carboxylic acids is 1. The molecule has 1 aromatic carbocycles. The minimum Gasteiger partial charge on any atom is -0.496 e. The van der Waals surface area contributed by atoms with Crippen molar-refractivity contribution in [1.82, 2.24) is 5.32 Å². The summed E-state index contributed by atoms with van der Waals surface area (Å²) in [6.45, 7) is 6.36. The normalized spacial score (nSPS) is 13.7. The molecule has 0 saturated heterocycles. The lowest BCUT2D eigenvalue weighted by molar-refractivity contribution is 0.0932. The highest BCUT2D eigenvalue weighted by Gasteiger charge is 2.15. The van der Waals surface area contributed by atoms with E-state index >= 15 is 0 Å². The Labute approximate surface area is 115 Å². The first-order valence-corrected chi connectivity index (χ1v) is 6.72. The first kappa shape index (κ1) is 15.3. The Morgan fingerprint density at radius 1 is 1.42 bits per heavy atom. The molecule has 19 heavy (non-hydrogen) atoms. The van der Waals surface area contributed by atoms with Crippen LogP contribution in [0.25, 0.3) is 0 Å². The van der Waals surface area contributed by atoms with Crippen molar-refractivity contribution in [2.45, 2.75) is 39.7 Å².